The fourth-order valence-electron chi connectivity index (χ4n) is 7.62. The predicted octanol–water partition coefficient (Wildman–Crippen LogP) is 13.5. The van der Waals surface area contributed by atoms with Crippen LogP contribution in [0.5, 0.6) is 0 Å². The Morgan fingerprint density at radius 1 is 0.385 bits per heavy atom. The van der Waals surface area contributed by atoms with Crippen LogP contribution in [0.4, 0.5) is 0 Å². The van der Waals surface area contributed by atoms with Gasteiger partial charge in [-0.15, -0.1) is 0 Å². The van der Waals surface area contributed by atoms with Gasteiger partial charge in [-0.25, -0.2) is 4.98 Å². The Kier molecular flexibility index (Phi) is 7.44. The summed E-state index contributed by atoms with van der Waals surface area (Å²) in [5.41, 5.74) is 16.2. The van der Waals surface area contributed by atoms with Crippen LogP contribution < -0.4 is 0 Å². The molecule has 7 aromatic carbocycles. The number of para-hydroxylation sites is 1. The van der Waals surface area contributed by atoms with Crippen molar-refractivity contribution in [2.45, 2.75) is 9.79 Å². The highest BCUT2D eigenvalue weighted by Crippen LogP contribution is 2.53. The van der Waals surface area contributed by atoms with Crippen LogP contribution in [0, 0.1) is 0 Å². The molecule has 1 aliphatic heterocycles. The summed E-state index contributed by atoms with van der Waals surface area (Å²) in [6.07, 6.45) is 0. The third-order valence-corrected chi connectivity index (χ3v) is 11.2. The number of rotatable bonds is 5. The zero-order chi connectivity index (χ0) is 34.4. The first-order valence-electron chi connectivity index (χ1n) is 17.6. The minimum absolute atomic E-state index is 0.961. The third-order valence-electron chi connectivity index (χ3n) is 10.0. The number of pyridine rings is 1. The van der Waals surface area contributed by atoms with Gasteiger partial charge < -0.3 is 4.57 Å². The lowest BCUT2D eigenvalue weighted by Crippen LogP contribution is -1.99. The number of hydrogen-bond acceptors (Lipinski definition) is 2. The van der Waals surface area contributed by atoms with Crippen molar-refractivity contribution in [1.29, 1.82) is 0 Å². The van der Waals surface area contributed by atoms with Gasteiger partial charge in [-0.2, -0.15) is 0 Å². The van der Waals surface area contributed by atoms with E-state index in [9.17, 15) is 0 Å². The molecule has 244 valence electrons. The van der Waals surface area contributed by atoms with E-state index in [1.807, 2.05) is 11.8 Å². The van der Waals surface area contributed by atoms with Gasteiger partial charge in [0.25, 0.3) is 0 Å². The Balaban J connectivity index is 1.22. The molecule has 0 unspecified atom stereocenters. The zero-order valence-corrected chi connectivity index (χ0v) is 29.1. The maximum Gasteiger partial charge on any atom is 0.0715 e. The van der Waals surface area contributed by atoms with Gasteiger partial charge in [-0.3, -0.25) is 0 Å². The summed E-state index contributed by atoms with van der Waals surface area (Å²) in [4.78, 5) is 7.65. The second-order valence-corrected chi connectivity index (χ2v) is 14.2. The van der Waals surface area contributed by atoms with E-state index in [1.54, 1.807) is 0 Å². The van der Waals surface area contributed by atoms with E-state index in [-0.39, 0.29) is 0 Å². The van der Waals surface area contributed by atoms with Gasteiger partial charge in [0.05, 0.1) is 22.6 Å². The van der Waals surface area contributed by atoms with E-state index < -0.39 is 0 Å². The molecular weight excluding hydrogens is 649 g/mol. The summed E-state index contributed by atoms with van der Waals surface area (Å²) < 4.78 is 2.51. The normalized spacial score (nSPS) is 11.8. The summed E-state index contributed by atoms with van der Waals surface area (Å²) in [6, 6.07) is 69.7. The number of fused-ring (bicyclic) bond motifs is 7. The van der Waals surface area contributed by atoms with E-state index >= 15 is 0 Å². The van der Waals surface area contributed by atoms with Crippen LogP contribution in [0.2, 0.25) is 0 Å². The summed E-state index contributed by atoms with van der Waals surface area (Å²) >= 11 is 1.86. The van der Waals surface area contributed by atoms with Crippen molar-refractivity contribution in [3.8, 4) is 72.8 Å². The van der Waals surface area contributed by atoms with Crippen LogP contribution in [0.1, 0.15) is 0 Å². The van der Waals surface area contributed by atoms with E-state index in [4.69, 9.17) is 4.98 Å². The third kappa shape index (κ3) is 5.17. The maximum absolute atomic E-state index is 5.12. The molecule has 0 radical (unpaired) electrons. The highest BCUT2D eigenvalue weighted by molar-refractivity contribution is 7.99. The molecule has 0 atom stereocenters. The minimum atomic E-state index is 0.961. The van der Waals surface area contributed by atoms with Crippen molar-refractivity contribution in [2.24, 2.45) is 0 Å². The van der Waals surface area contributed by atoms with Crippen LogP contribution in [-0.4, -0.2) is 9.55 Å². The highest BCUT2D eigenvalue weighted by Gasteiger charge is 2.28. The molecule has 0 saturated heterocycles. The monoisotopic (exact) mass is 680 g/mol. The lowest BCUT2D eigenvalue weighted by molar-refractivity contribution is 1.13. The zero-order valence-electron chi connectivity index (χ0n) is 28.3. The van der Waals surface area contributed by atoms with Crippen LogP contribution in [0.15, 0.2) is 204 Å². The van der Waals surface area contributed by atoms with E-state index in [2.05, 4.69) is 199 Å². The van der Waals surface area contributed by atoms with E-state index in [0.717, 1.165) is 39.3 Å². The average molecular weight is 681 g/mol. The van der Waals surface area contributed by atoms with Crippen LogP contribution in [0.3, 0.4) is 0 Å². The Labute approximate surface area is 307 Å². The van der Waals surface area contributed by atoms with Crippen LogP contribution >= 0.6 is 11.8 Å². The molecule has 3 heteroatoms. The molecule has 0 N–H and O–H groups in total. The van der Waals surface area contributed by atoms with Crippen molar-refractivity contribution < 1.29 is 0 Å². The number of aromatic nitrogens is 2. The number of hydrogen-bond donors (Lipinski definition) is 0. The smallest absolute Gasteiger partial charge is 0.0715 e. The molecule has 0 saturated carbocycles. The molecule has 52 heavy (non-hydrogen) atoms. The average Bonchev–Trinajstić information content (AvgIpc) is 3.49. The Morgan fingerprint density at radius 3 is 1.54 bits per heavy atom. The van der Waals surface area contributed by atoms with Gasteiger partial charge in [0.15, 0.2) is 0 Å². The molecule has 0 aliphatic carbocycles. The molecule has 10 rings (SSSR count). The Hall–Kier alpha value is -6.42. The largest absolute Gasteiger partial charge is 0.308 e. The SMILES string of the molecule is c1ccc(-c2cc(-c3ccc(-n4c5c(c6cccc(-c7ccccc7)c64)-c4ccccc4Sc4ccccc4-5)cc3)cc(-c3ccccc3)n2)cc1. The van der Waals surface area contributed by atoms with E-state index in [0.29, 0.717) is 0 Å². The van der Waals surface area contributed by atoms with Gasteiger partial charge in [-0.05, 0) is 58.7 Å². The van der Waals surface area contributed by atoms with Crippen LogP contribution in [-0.2, 0) is 0 Å². The second kappa shape index (κ2) is 12.7. The summed E-state index contributed by atoms with van der Waals surface area (Å²) in [7, 11) is 0. The molecule has 1 aliphatic rings. The molecule has 0 spiro atoms. The first-order chi connectivity index (χ1) is 25.8. The second-order valence-electron chi connectivity index (χ2n) is 13.1. The fourth-order valence-corrected chi connectivity index (χ4v) is 8.70. The van der Waals surface area contributed by atoms with Gasteiger partial charge in [0.1, 0.15) is 0 Å². The van der Waals surface area contributed by atoms with Crippen molar-refractivity contribution in [3.63, 3.8) is 0 Å². The Morgan fingerprint density at radius 2 is 0.904 bits per heavy atom. The molecule has 2 nitrogen and oxygen atoms in total. The lowest BCUT2D eigenvalue weighted by Gasteiger charge is -2.16. The Bertz CT molecular complexity index is 2670. The maximum atomic E-state index is 5.12. The van der Waals surface area contributed by atoms with Crippen molar-refractivity contribution in [1.82, 2.24) is 9.55 Å². The first-order valence-corrected chi connectivity index (χ1v) is 18.4. The molecule has 0 bridgehead atoms. The molecular formula is C49H32N2S. The molecule has 3 heterocycles. The van der Waals surface area contributed by atoms with Gasteiger partial charge in [0, 0.05) is 48.7 Å². The molecule has 2 aromatic heterocycles. The fraction of sp³-hybridized carbons (Fsp3) is 0. The summed E-state index contributed by atoms with van der Waals surface area (Å²) in [6.45, 7) is 0. The molecule has 0 fully saturated rings. The van der Waals surface area contributed by atoms with Crippen molar-refractivity contribution in [3.05, 3.63) is 194 Å². The van der Waals surface area contributed by atoms with Gasteiger partial charge in [0.2, 0.25) is 0 Å². The standard InChI is InChI=1S/C49H32N2S/c1-4-15-34(16-5-1)39-23-14-24-42-47-40-21-10-12-25-45(40)52-46-26-13-11-22-41(46)49(47)51(48(39)42)38-29-27-33(28-30-38)37-31-43(35-17-6-2-7-18-35)50-44(32-37)36-19-8-3-9-20-36/h1-32H. The van der Waals surface area contributed by atoms with Crippen LogP contribution in [0.25, 0.3) is 83.7 Å². The quantitative estimate of drug-likeness (QED) is 0.180. The van der Waals surface area contributed by atoms with Crippen molar-refractivity contribution >= 4 is 22.7 Å². The first kappa shape index (κ1) is 30.4. The van der Waals surface area contributed by atoms with Gasteiger partial charge in [-0.1, -0.05) is 169 Å². The van der Waals surface area contributed by atoms with E-state index in [1.165, 1.54) is 54.2 Å². The topological polar surface area (TPSA) is 17.8 Å². The molecule has 0 amide bonds. The summed E-state index contributed by atoms with van der Waals surface area (Å²) in [5.74, 6) is 0. The van der Waals surface area contributed by atoms with Crippen molar-refractivity contribution in [2.75, 3.05) is 0 Å². The highest BCUT2D eigenvalue weighted by atomic mass is 32.2. The van der Waals surface area contributed by atoms with Gasteiger partial charge >= 0.3 is 0 Å². The molecule has 9 aromatic rings. The predicted molar refractivity (Wildman–Crippen MR) is 218 cm³/mol. The summed E-state index contributed by atoms with van der Waals surface area (Å²) in [5, 5.41) is 1.25. The lowest BCUT2D eigenvalue weighted by atomic mass is 9.96. The minimum Gasteiger partial charge on any atom is -0.308 e. The number of benzene rings is 7. The number of nitrogens with zero attached hydrogens (tertiary/aromatic N) is 2.